The van der Waals surface area contributed by atoms with Crippen LogP contribution in [0.1, 0.15) is 28.8 Å². The van der Waals surface area contributed by atoms with Crippen LogP contribution in [0.5, 0.6) is 0 Å². The molecule has 0 spiro atoms. The van der Waals surface area contributed by atoms with Crippen molar-refractivity contribution < 1.29 is 9.21 Å². The molecule has 0 atom stereocenters. The molecule has 2 aromatic heterocycles. The Hall–Kier alpha value is -3.08. The Kier molecular flexibility index (Phi) is 4.10. The van der Waals surface area contributed by atoms with E-state index in [0.717, 1.165) is 11.4 Å². The third-order valence-corrected chi connectivity index (χ3v) is 3.45. The summed E-state index contributed by atoms with van der Waals surface area (Å²) in [5.74, 6) is 1.19. The molecule has 116 valence electrons. The molecule has 0 radical (unpaired) electrons. The topological polar surface area (TPSA) is 59.5 Å². The second kappa shape index (κ2) is 6.36. The maximum Gasteiger partial charge on any atom is 0.271 e. The lowest BCUT2D eigenvalue weighted by Crippen LogP contribution is -2.19. The summed E-state index contributed by atoms with van der Waals surface area (Å²) in [5.41, 5.74) is 4.71. The van der Waals surface area contributed by atoms with Gasteiger partial charge >= 0.3 is 0 Å². The van der Waals surface area contributed by atoms with Gasteiger partial charge in [-0.05, 0) is 62.4 Å². The zero-order valence-corrected chi connectivity index (χ0v) is 13.0. The maximum atomic E-state index is 12.1. The molecule has 1 amide bonds. The number of hydrogen-bond donors (Lipinski definition) is 1. The number of nitrogens with zero attached hydrogens (tertiary/aromatic N) is 2. The third kappa shape index (κ3) is 3.40. The summed E-state index contributed by atoms with van der Waals surface area (Å²) >= 11 is 0. The minimum absolute atomic E-state index is 0.258. The molecule has 0 unspecified atom stereocenters. The van der Waals surface area contributed by atoms with Crippen LogP contribution < -0.4 is 5.43 Å². The lowest BCUT2D eigenvalue weighted by molar-refractivity contribution is 0.0955. The molecule has 1 aromatic carbocycles. The zero-order valence-electron chi connectivity index (χ0n) is 13.0. The van der Waals surface area contributed by atoms with E-state index in [1.54, 1.807) is 19.1 Å². The minimum atomic E-state index is -0.258. The van der Waals surface area contributed by atoms with Gasteiger partial charge in [0.1, 0.15) is 17.2 Å². The number of furan rings is 1. The number of rotatable bonds is 4. The van der Waals surface area contributed by atoms with Gasteiger partial charge in [-0.3, -0.25) is 4.79 Å². The third-order valence-electron chi connectivity index (χ3n) is 3.45. The Balaban J connectivity index is 1.68. The summed E-state index contributed by atoms with van der Waals surface area (Å²) in [7, 11) is 0. The largest absolute Gasteiger partial charge is 0.460 e. The smallest absolute Gasteiger partial charge is 0.271 e. The number of hydrazone groups is 1. The highest BCUT2D eigenvalue weighted by Crippen LogP contribution is 2.10. The highest BCUT2D eigenvalue weighted by Gasteiger charge is 2.07. The van der Waals surface area contributed by atoms with E-state index < -0.39 is 0 Å². The van der Waals surface area contributed by atoms with E-state index >= 15 is 0 Å². The molecule has 3 rings (SSSR count). The quantitative estimate of drug-likeness (QED) is 0.592. The summed E-state index contributed by atoms with van der Waals surface area (Å²) in [5, 5.41) is 4.07. The average molecular weight is 307 g/mol. The van der Waals surface area contributed by atoms with E-state index in [1.807, 2.05) is 60.3 Å². The van der Waals surface area contributed by atoms with Gasteiger partial charge in [-0.2, -0.15) is 5.10 Å². The number of carbonyl (C=O) groups is 1. The van der Waals surface area contributed by atoms with Crippen LogP contribution in [-0.2, 0) is 0 Å². The fourth-order valence-corrected chi connectivity index (χ4v) is 2.17. The van der Waals surface area contributed by atoms with Gasteiger partial charge in [-0.1, -0.05) is 0 Å². The van der Waals surface area contributed by atoms with Gasteiger partial charge in [0, 0.05) is 23.6 Å². The minimum Gasteiger partial charge on any atom is -0.460 e. The van der Waals surface area contributed by atoms with Crippen LogP contribution in [-0.4, -0.2) is 16.2 Å². The van der Waals surface area contributed by atoms with E-state index in [0.29, 0.717) is 17.0 Å². The normalized spacial score (nSPS) is 11.5. The van der Waals surface area contributed by atoms with Crippen molar-refractivity contribution in [2.45, 2.75) is 13.8 Å². The highest BCUT2D eigenvalue weighted by atomic mass is 16.3. The van der Waals surface area contributed by atoms with Crippen molar-refractivity contribution in [2.75, 3.05) is 0 Å². The van der Waals surface area contributed by atoms with Crippen molar-refractivity contribution in [1.82, 2.24) is 9.99 Å². The second-order valence-electron chi connectivity index (χ2n) is 5.19. The molecule has 23 heavy (non-hydrogen) atoms. The lowest BCUT2D eigenvalue weighted by atomic mass is 10.2. The average Bonchev–Trinajstić information content (AvgIpc) is 3.24. The van der Waals surface area contributed by atoms with Gasteiger partial charge in [-0.15, -0.1) is 0 Å². The Morgan fingerprint density at radius 2 is 1.78 bits per heavy atom. The fraction of sp³-hybridized carbons (Fsp3) is 0.111. The van der Waals surface area contributed by atoms with Crippen LogP contribution in [0.4, 0.5) is 0 Å². The summed E-state index contributed by atoms with van der Waals surface area (Å²) in [4.78, 5) is 12.1. The summed E-state index contributed by atoms with van der Waals surface area (Å²) in [6.07, 6.45) is 3.90. The number of amides is 1. The first-order valence-corrected chi connectivity index (χ1v) is 7.28. The molecule has 0 aliphatic heterocycles. The van der Waals surface area contributed by atoms with Crippen molar-refractivity contribution in [3.05, 3.63) is 78.0 Å². The van der Waals surface area contributed by atoms with Crippen molar-refractivity contribution >= 4 is 11.6 Å². The van der Waals surface area contributed by atoms with Gasteiger partial charge in [0.25, 0.3) is 5.91 Å². The van der Waals surface area contributed by atoms with E-state index in [-0.39, 0.29) is 5.91 Å². The maximum absolute atomic E-state index is 12.1. The van der Waals surface area contributed by atoms with Gasteiger partial charge in [0.05, 0.1) is 0 Å². The van der Waals surface area contributed by atoms with Crippen LogP contribution in [0.2, 0.25) is 0 Å². The number of aryl methyl sites for hydroxylation is 1. The number of nitrogens with one attached hydrogen (secondary N) is 1. The summed E-state index contributed by atoms with van der Waals surface area (Å²) < 4.78 is 7.43. The predicted molar refractivity (Wildman–Crippen MR) is 88.9 cm³/mol. The molecule has 0 saturated heterocycles. The Morgan fingerprint density at radius 1 is 1.09 bits per heavy atom. The van der Waals surface area contributed by atoms with E-state index in [2.05, 4.69) is 10.5 Å². The SMILES string of the molecule is C/C(=N/NC(=O)c1ccc(-n2cccc2)cc1)c1ccc(C)o1. The fourth-order valence-electron chi connectivity index (χ4n) is 2.17. The molecule has 0 saturated carbocycles. The van der Waals surface area contributed by atoms with Gasteiger partial charge in [0.2, 0.25) is 0 Å². The van der Waals surface area contributed by atoms with Crippen LogP contribution >= 0.6 is 0 Å². The molecule has 0 fully saturated rings. The summed E-state index contributed by atoms with van der Waals surface area (Å²) in [6.45, 7) is 3.65. The van der Waals surface area contributed by atoms with Crippen molar-refractivity contribution in [3.8, 4) is 5.69 Å². The summed E-state index contributed by atoms with van der Waals surface area (Å²) in [6, 6.07) is 14.9. The number of hydrogen-bond acceptors (Lipinski definition) is 3. The van der Waals surface area contributed by atoms with E-state index in [1.165, 1.54) is 0 Å². The Bertz CT molecular complexity index is 828. The Labute approximate surface area is 134 Å². The van der Waals surface area contributed by atoms with E-state index in [4.69, 9.17) is 4.42 Å². The first-order chi connectivity index (χ1) is 11.1. The molecule has 1 N–H and O–H groups in total. The standard InChI is InChI=1S/C18H17N3O2/c1-13-5-10-17(23-13)14(2)19-20-18(22)15-6-8-16(9-7-15)21-11-3-4-12-21/h3-12H,1-2H3,(H,20,22)/b19-14-. The highest BCUT2D eigenvalue weighted by molar-refractivity contribution is 5.99. The molecular weight excluding hydrogens is 290 g/mol. The Morgan fingerprint density at radius 3 is 2.39 bits per heavy atom. The van der Waals surface area contributed by atoms with Crippen LogP contribution in [0.3, 0.4) is 0 Å². The van der Waals surface area contributed by atoms with Crippen LogP contribution in [0.15, 0.2) is 70.4 Å². The van der Waals surface area contributed by atoms with Crippen molar-refractivity contribution in [3.63, 3.8) is 0 Å². The monoisotopic (exact) mass is 307 g/mol. The molecule has 0 aliphatic rings. The number of aromatic nitrogens is 1. The molecule has 0 bridgehead atoms. The zero-order chi connectivity index (χ0) is 16.2. The van der Waals surface area contributed by atoms with Crippen LogP contribution in [0, 0.1) is 6.92 Å². The molecule has 0 aliphatic carbocycles. The first-order valence-electron chi connectivity index (χ1n) is 7.28. The first kappa shape index (κ1) is 14.8. The molecule has 2 heterocycles. The molecule has 3 aromatic rings. The number of benzene rings is 1. The predicted octanol–water partition coefficient (Wildman–Crippen LogP) is 3.53. The molecule has 5 nitrogen and oxygen atoms in total. The molecule has 5 heteroatoms. The molecular formula is C18H17N3O2. The van der Waals surface area contributed by atoms with Crippen molar-refractivity contribution in [2.24, 2.45) is 5.10 Å². The van der Waals surface area contributed by atoms with E-state index in [9.17, 15) is 4.79 Å². The van der Waals surface area contributed by atoms with Crippen LogP contribution in [0.25, 0.3) is 5.69 Å². The lowest BCUT2D eigenvalue weighted by Gasteiger charge is -2.05. The van der Waals surface area contributed by atoms with Gasteiger partial charge in [-0.25, -0.2) is 5.43 Å². The van der Waals surface area contributed by atoms with Gasteiger partial charge < -0.3 is 8.98 Å². The number of carbonyl (C=O) groups excluding carboxylic acids is 1. The van der Waals surface area contributed by atoms with Crippen molar-refractivity contribution in [1.29, 1.82) is 0 Å². The van der Waals surface area contributed by atoms with Gasteiger partial charge in [0.15, 0.2) is 0 Å². The second-order valence-corrected chi connectivity index (χ2v) is 5.19.